The van der Waals surface area contributed by atoms with Crippen LogP contribution in [0.2, 0.25) is 5.02 Å². The van der Waals surface area contributed by atoms with Crippen LogP contribution in [0.25, 0.3) is 16.7 Å². The highest BCUT2D eigenvalue weighted by Gasteiger charge is 2.12. The molecule has 0 unspecified atom stereocenters. The molecule has 0 aliphatic carbocycles. The fourth-order valence-electron chi connectivity index (χ4n) is 2.36. The molecule has 21 heavy (non-hydrogen) atoms. The maximum absolute atomic E-state index is 9.07. The van der Waals surface area contributed by atoms with Gasteiger partial charge in [0.05, 0.1) is 22.7 Å². The third kappa shape index (κ3) is 2.61. The van der Waals surface area contributed by atoms with Crippen LogP contribution in [-0.4, -0.2) is 15.4 Å². The lowest BCUT2D eigenvalue weighted by atomic mass is 10.2. The Kier molecular flexibility index (Phi) is 3.83. The van der Waals surface area contributed by atoms with Gasteiger partial charge in [0.25, 0.3) is 0 Å². The largest absolute Gasteiger partial charge is 0.296 e. The predicted molar refractivity (Wildman–Crippen MR) is 85.2 cm³/mol. The molecule has 0 atom stereocenters. The first kappa shape index (κ1) is 13.9. The summed E-state index contributed by atoms with van der Waals surface area (Å²) in [5.74, 6) is 1.34. The molecule has 0 fully saturated rings. The summed E-state index contributed by atoms with van der Waals surface area (Å²) in [6.45, 7) is 0. The van der Waals surface area contributed by atoms with E-state index in [1.165, 1.54) is 0 Å². The van der Waals surface area contributed by atoms with Gasteiger partial charge in [0.15, 0.2) is 0 Å². The molecule has 3 nitrogen and oxygen atoms in total. The molecule has 3 aromatic rings. The van der Waals surface area contributed by atoms with Crippen LogP contribution in [0.1, 0.15) is 11.4 Å². The van der Waals surface area contributed by atoms with Crippen LogP contribution < -0.4 is 0 Å². The number of aromatic nitrogens is 2. The first-order chi connectivity index (χ1) is 10.2. The van der Waals surface area contributed by atoms with E-state index in [9.17, 15) is 0 Å². The molecule has 0 amide bonds. The van der Waals surface area contributed by atoms with Gasteiger partial charge in [-0.25, -0.2) is 4.98 Å². The van der Waals surface area contributed by atoms with Crippen molar-refractivity contribution in [1.29, 1.82) is 5.26 Å². The predicted octanol–water partition coefficient (Wildman–Crippen LogP) is 4.33. The van der Waals surface area contributed by atoms with Crippen LogP contribution in [0, 0.1) is 11.3 Å². The molecule has 0 saturated carbocycles. The number of halogens is 2. The second-order valence-electron chi connectivity index (χ2n) is 4.60. The number of nitriles is 1. The van der Waals surface area contributed by atoms with E-state index in [-0.39, 0.29) is 0 Å². The first-order valence-electron chi connectivity index (χ1n) is 6.46. The number of rotatable bonds is 3. The molecule has 0 aliphatic rings. The van der Waals surface area contributed by atoms with E-state index in [0.29, 0.717) is 22.9 Å². The summed E-state index contributed by atoms with van der Waals surface area (Å²) in [5.41, 5.74) is 3.29. The molecule has 0 saturated heterocycles. The Hall–Kier alpha value is -2.02. The molecule has 104 valence electrons. The topological polar surface area (TPSA) is 41.6 Å². The second-order valence-corrected chi connectivity index (χ2v) is 5.41. The van der Waals surface area contributed by atoms with Gasteiger partial charge in [-0.3, -0.25) is 4.57 Å². The van der Waals surface area contributed by atoms with Crippen molar-refractivity contribution in [3.05, 3.63) is 58.9 Å². The van der Waals surface area contributed by atoms with Gasteiger partial charge in [-0.05, 0) is 36.4 Å². The van der Waals surface area contributed by atoms with Gasteiger partial charge in [0.2, 0.25) is 0 Å². The molecule has 2 aromatic carbocycles. The van der Waals surface area contributed by atoms with Gasteiger partial charge in [0.1, 0.15) is 5.82 Å². The van der Waals surface area contributed by atoms with Crippen LogP contribution >= 0.6 is 23.2 Å². The van der Waals surface area contributed by atoms with Gasteiger partial charge in [0, 0.05) is 23.0 Å². The van der Waals surface area contributed by atoms with Crippen LogP contribution in [0.4, 0.5) is 0 Å². The Balaban J connectivity index is 2.28. The van der Waals surface area contributed by atoms with Crippen molar-refractivity contribution in [2.45, 2.75) is 6.42 Å². The quantitative estimate of drug-likeness (QED) is 0.675. The van der Waals surface area contributed by atoms with Gasteiger partial charge >= 0.3 is 0 Å². The van der Waals surface area contributed by atoms with Crippen LogP contribution in [0.15, 0.2) is 42.5 Å². The molecule has 0 aliphatic heterocycles. The molecule has 5 heteroatoms. The fraction of sp³-hybridized carbons (Fsp3) is 0.125. The highest BCUT2D eigenvalue weighted by molar-refractivity contribution is 6.31. The molecule has 1 heterocycles. The summed E-state index contributed by atoms with van der Waals surface area (Å²) in [7, 11) is 0. The highest BCUT2D eigenvalue weighted by atomic mass is 35.5. The molecule has 0 spiro atoms. The van der Waals surface area contributed by atoms with E-state index < -0.39 is 0 Å². The van der Waals surface area contributed by atoms with Crippen molar-refractivity contribution in [3.63, 3.8) is 0 Å². The molecular weight excluding hydrogens is 305 g/mol. The van der Waals surface area contributed by atoms with Crippen molar-refractivity contribution in [1.82, 2.24) is 9.55 Å². The smallest absolute Gasteiger partial charge is 0.115 e. The lowest BCUT2D eigenvalue weighted by molar-refractivity contribution is 0.912. The normalized spacial score (nSPS) is 10.7. The summed E-state index contributed by atoms with van der Waals surface area (Å²) < 4.78 is 2.02. The van der Waals surface area contributed by atoms with Crippen LogP contribution in [0.3, 0.4) is 0 Å². The number of fused-ring (bicyclic) bond motifs is 1. The van der Waals surface area contributed by atoms with Crippen LogP contribution in [-0.2, 0) is 6.42 Å². The third-order valence-electron chi connectivity index (χ3n) is 3.24. The number of alkyl halides is 1. The van der Waals surface area contributed by atoms with Gasteiger partial charge in [-0.15, -0.1) is 11.6 Å². The number of benzene rings is 2. The number of nitrogens with zero attached hydrogens (tertiary/aromatic N) is 3. The zero-order valence-corrected chi connectivity index (χ0v) is 12.6. The Bertz CT molecular complexity index is 846. The fourth-order valence-corrected chi connectivity index (χ4v) is 2.69. The molecule has 3 rings (SSSR count). The lowest BCUT2D eigenvalue weighted by Crippen LogP contribution is -2.02. The zero-order valence-electron chi connectivity index (χ0n) is 11.1. The lowest BCUT2D eigenvalue weighted by Gasteiger charge is -2.09. The first-order valence-corrected chi connectivity index (χ1v) is 7.37. The SMILES string of the molecule is N#Cc1cccc(-n2c(CCCl)nc3cc(Cl)ccc32)c1. The average molecular weight is 316 g/mol. The van der Waals surface area contributed by atoms with E-state index in [1.54, 1.807) is 6.07 Å². The van der Waals surface area contributed by atoms with Crippen molar-refractivity contribution in [2.24, 2.45) is 0 Å². The average Bonchev–Trinajstić information content (AvgIpc) is 2.84. The van der Waals surface area contributed by atoms with E-state index in [1.807, 2.05) is 41.0 Å². The maximum atomic E-state index is 9.07. The number of hydrogen-bond acceptors (Lipinski definition) is 2. The summed E-state index contributed by atoms with van der Waals surface area (Å²) in [5, 5.41) is 9.72. The second kappa shape index (κ2) is 5.77. The molecule has 0 N–H and O–H groups in total. The Morgan fingerprint density at radius 2 is 2.05 bits per heavy atom. The number of aryl methyl sites for hydroxylation is 1. The standard InChI is InChI=1S/C16H11Cl2N3/c17-7-6-16-20-14-9-12(18)4-5-15(14)21(16)13-3-1-2-11(8-13)10-19/h1-5,8-9H,6-7H2. The molecule has 0 bridgehead atoms. The zero-order chi connectivity index (χ0) is 14.8. The van der Waals surface area contributed by atoms with Gasteiger partial charge in [-0.2, -0.15) is 5.26 Å². The summed E-state index contributed by atoms with van der Waals surface area (Å²) in [6.07, 6.45) is 0.643. The third-order valence-corrected chi connectivity index (χ3v) is 3.66. The van der Waals surface area contributed by atoms with Gasteiger partial charge < -0.3 is 0 Å². The summed E-state index contributed by atoms with van der Waals surface area (Å²) in [6, 6.07) is 15.2. The highest BCUT2D eigenvalue weighted by Crippen LogP contribution is 2.25. The molecular formula is C16H11Cl2N3. The van der Waals surface area contributed by atoms with Crippen molar-refractivity contribution < 1.29 is 0 Å². The Morgan fingerprint density at radius 1 is 1.19 bits per heavy atom. The van der Waals surface area contributed by atoms with Gasteiger partial charge in [-0.1, -0.05) is 17.7 Å². The number of hydrogen-bond donors (Lipinski definition) is 0. The minimum absolute atomic E-state index is 0.481. The van der Waals surface area contributed by atoms with E-state index >= 15 is 0 Å². The maximum Gasteiger partial charge on any atom is 0.115 e. The number of imidazole rings is 1. The Morgan fingerprint density at radius 3 is 2.81 bits per heavy atom. The van der Waals surface area contributed by atoms with E-state index in [0.717, 1.165) is 22.5 Å². The summed E-state index contributed by atoms with van der Waals surface area (Å²) in [4.78, 5) is 4.61. The minimum Gasteiger partial charge on any atom is -0.296 e. The van der Waals surface area contributed by atoms with Crippen molar-refractivity contribution >= 4 is 34.2 Å². The Labute approximate surface area is 132 Å². The van der Waals surface area contributed by atoms with Crippen molar-refractivity contribution in [3.8, 4) is 11.8 Å². The van der Waals surface area contributed by atoms with Crippen molar-refractivity contribution in [2.75, 3.05) is 5.88 Å². The van der Waals surface area contributed by atoms with Crippen LogP contribution in [0.5, 0.6) is 0 Å². The monoisotopic (exact) mass is 315 g/mol. The molecule has 0 radical (unpaired) electrons. The minimum atomic E-state index is 0.481. The summed E-state index contributed by atoms with van der Waals surface area (Å²) >= 11 is 11.9. The van der Waals surface area contributed by atoms with E-state index in [2.05, 4.69) is 11.1 Å². The van der Waals surface area contributed by atoms with E-state index in [4.69, 9.17) is 28.5 Å². The molecule has 1 aromatic heterocycles.